The number of allylic oxidation sites excluding steroid dienone is 1. The molecule has 3 aromatic rings. The molecular weight excluding hydrogens is 392 g/mol. The molecule has 7 heteroatoms. The molecule has 3 N–H and O–H groups in total. The molecule has 0 saturated heterocycles. The van der Waals surface area contributed by atoms with Crippen LogP contribution < -0.4 is 20.7 Å². The molecule has 4 rings (SSSR count). The van der Waals surface area contributed by atoms with Gasteiger partial charge in [-0.15, -0.1) is 0 Å². The molecule has 1 aromatic heterocycles. The molecule has 0 aliphatic carbocycles. The van der Waals surface area contributed by atoms with Gasteiger partial charge in [0.2, 0.25) is 0 Å². The second kappa shape index (κ2) is 9.13. The molecule has 7 nitrogen and oxygen atoms in total. The molecule has 1 aliphatic rings. The van der Waals surface area contributed by atoms with Crippen molar-refractivity contribution >= 4 is 17.8 Å². The van der Waals surface area contributed by atoms with Crippen molar-refractivity contribution in [2.45, 2.75) is 19.6 Å². The van der Waals surface area contributed by atoms with E-state index in [9.17, 15) is 9.59 Å². The highest BCUT2D eigenvalue weighted by atomic mass is 16.5. The Morgan fingerprint density at radius 2 is 1.77 bits per heavy atom. The number of urea groups is 1. The average Bonchev–Trinajstić information content (AvgIpc) is 2.79. The fourth-order valence-electron chi connectivity index (χ4n) is 3.36. The minimum atomic E-state index is -0.597. The summed E-state index contributed by atoms with van der Waals surface area (Å²) in [6, 6.07) is 21.5. The van der Waals surface area contributed by atoms with E-state index < -0.39 is 6.04 Å². The van der Waals surface area contributed by atoms with Gasteiger partial charge in [0.1, 0.15) is 18.2 Å². The lowest BCUT2D eigenvalue weighted by atomic mass is 9.95. The van der Waals surface area contributed by atoms with Gasteiger partial charge in [0.25, 0.3) is 5.91 Å². The van der Waals surface area contributed by atoms with Crippen molar-refractivity contribution in [3.63, 3.8) is 0 Å². The molecule has 0 bridgehead atoms. The van der Waals surface area contributed by atoms with Crippen LogP contribution in [0.25, 0.3) is 0 Å². The number of benzene rings is 2. The number of aromatic nitrogens is 1. The molecule has 0 spiro atoms. The van der Waals surface area contributed by atoms with Crippen molar-refractivity contribution in [2.75, 3.05) is 5.32 Å². The van der Waals surface area contributed by atoms with Crippen LogP contribution in [0.4, 0.5) is 10.6 Å². The van der Waals surface area contributed by atoms with E-state index in [2.05, 4.69) is 20.9 Å². The van der Waals surface area contributed by atoms with Gasteiger partial charge in [-0.3, -0.25) is 4.79 Å². The smallest absolute Gasteiger partial charge is 0.319 e. The van der Waals surface area contributed by atoms with E-state index in [1.165, 1.54) is 0 Å². The Hall–Kier alpha value is -4.13. The predicted molar refractivity (Wildman–Crippen MR) is 117 cm³/mol. The lowest BCUT2D eigenvalue weighted by Crippen LogP contribution is -2.46. The van der Waals surface area contributed by atoms with Gasteiger partial charge in [-0.05, 0) is 42.3 Å². The summed E-state index contributed by atoms with van der Waals surface area (Å²) in [5.41, 5.74) is 2.76. The number of rotatable bonds is 6. The first-order chi connectivity index (χ1) is 15.1. The van der Waals surface area contributed by atoms with Crippen LogP contribution in [0.5, 0.6) is 5.75 Å². The predicted octanol–water partition coefficient (Wildman–Crippen LogP) is 3.93. The second-order valence-corrected chi connectivity index (χ2v) is 7.08. The van der Waals surface area contributed by atoms with E-state index in [4.69, 9.17) is 4.74 Å². The van der Waals surface area contributed by atoms with E-state index >= 15 is 0 Å². The third-order valence-electron chi connectivity index (χ3n) is 4.88. The Labute approximate surface area is 180 Å². The fraction of sp³-hybridized carbons (Fsp3) is 0.125. The molecule has 1 unspecified atom stereocenters. The standard InChI is InChI=1S/C24H22N4O3/c1-16-21(23(29)27-20-9-5-6-14-25-20)22(28-24(30)26-16)18-10-12-19(13-11-18)31-15-17-7-3-2-4-8-17/h2-14,22H,15H2,1H3,(H,25,27,29)(H2,26,28,30). The average molecular weight is 414 g/mol. The zero-order chi connectivity index (χ0) is 21.6. The number of anilines is 1. The summed E-state index contributed by atoms with van der Waals surface area (Å²) >= 11 is 0. The zero-order valence-corrected chi connectivity index (χ0v) is 17.0. The maximum absolute atomic E-state index is 13.0. The molecule has 2 heterocycles. The van der Waals surface area contributed by atoms with E-state index in [0.717, 1.165) is 11.1 Å². The summed E-state index contributed by atoms with van der Waals surface area (Å²) in [5, 5.41) is 8.28. The zero-order valence-electron chi connectivity index (χ0n) is 17.0. The number of nitrogens with one attached hydrogen (secondary N) is 3. The monoisotopic (exact) mass is 414 g/mol. The van der Waals surface area contributed by atoms with E-state index in [1.54, 1.807) is 31.3 Å². The Kier molecular flexibility index (Phi) is 5.93. The molecule has 156 valence electrons. The van der Waals surface area contributed by atoms with Gasteiger partial charge in [-0.25, -0.2) is 9.78 Å². The van der Waals surface area contributed by atoms with Crippen molar-refractivity contribution in [1.29, 1.82) is 0 Å². The number of pyridine rings is 1. The number of carbonyl (C=O) groups is 2. The van der Waals surface area contributed by atoms with Crippen molar-refractivity contribution in [3.05, 3.63) is 101 Å². The summed E-state index contributed by atoms with van der Waals surface area (Å²) < 4.78 is 5.83. The molecule has 0 fully saturated rings. The van der Waals surface area contributed by atoms with Gasteiger partial charge in [0, 0.05) is 11.9 Å². The van der Waals surface area contributed by atoms with Gasteiger partial charge in [0.05, 0.1) is 11.6 Å². The first kappa shape index (κ1) is 20.2. The third-order valence-corrected chi connectivity index (χ3v) is 4.88. The molecule has 3 amide bonds. The summed E-state index contributed by atoms with van der Waals surface area (Å²) in [4.78, 5) is 29.2. The minimum Gasteiger partial charge on any atom is -0.489 e. The summed E-state index contributed by atoms with van der Waals surface area (Å²) in [6.07, 6.45) is 1.60. The number of hydrogen-bond acceptors (Lipinski definition) is 4. The SMILES string of the molecule is CC1=C(C(=O)Nc2ccccn2)C(c2ccc(OCc3ccccc3)cc2)NC(=O)N1. The van der Waals surface area contributed by atoms with Crippen molar-refractivity contribution in [2.24, 2.45) is 0 Å². The van der Waals surface area contributed by atoms with E-state index in [-0.39, 0.29) is 11.9 Å². The first-order valence-electron chi connectivity index (χ1n) is 9.87. The Balaban J connectivity index is 1.52. The molecule has 31 heavy (non-hydrogen) atoms. The van der Waals surface area contributed by atoms with Crippen LogP contribution in [0.15, 0.2) is 90.3 Å². The highest BCUT2D eigenvalue weighted by Crippen LogP contribution is 2.29. The summed E-state index contributed by atoms with van der Waals surface area (Å²) in [5.74, 6) is 0.805. The molecule has 1 aliphatic heterocycles. The molecule has 0 radical (unpaired) electrons. The van der Waals surface area contributed by atoms with Gasteiger partial charge in [-0.2, -0.15) is 0 Å². The third kappa shape index (κ3) is 4.90. The first-order valence-corrected chi connectivity index (χ1v) is 9.87. The number of hydrogen-bond donors (Lipinski definition) is 3. The lowest BCUT2D eigenvalue weighted by Gasteiger charge is -2.28. The van der Waals surface area contributed by atoms with Crippen LogP contribution in [0.1, 0.15) is 24.1 Å². The normalized spacial score (nSPS) is 15.6. The molecule has 0 saturated carbocycles. The van der Waals surface area contributed by atoms with Gasteiger partial charge in [-0.1, -0.05) is 48.5 Å². The Bertz CT molecular complexity index is 1100. The van der Waals surface area contributed by atoms with Crippen LogP contribution in [-0.4, -0.2) is 16.9 Å². The second-order valence-electron chi connectivity index (χ2n) is 7.08. The van der Waals surface area contributed by atoms with E-state index in [1.807, 2.05) is 54.6 Å². The topological polar surface area (TPSA) is 92.3 Å². The van der Waals surface area contributed by atoms with Crippen molar-refractivity contribution in [1.82, 2.24) is 15.6 Å². The number of amides is 3. The number of ether oxygens (including phenoxy) is 1. The van der Waals surface area contributed by atoms with Gasteiger partial charge < -0.3 is 20.7 Å². The van der Waals surface area contributed by atoms with Crippen molar-refractivity contribution < 1.29 is 14.3 Å². The van der Waals surface area contributed by atoms with Crippen LogP contribution in [-0.2, 0) is 11.4 Å². The summed E-state index contributed by atoms with van der Waals surface area (Å²) in [6.45, 7) is 2.16. The van der Waals surface area contributed by atoms with Crippen LogP contribution in [0, 0.1) is 0 Å². The maximum Gasteiger partial charge on any atom is 0.319 e. The fourth-order valence-corrected chi connectivity index (χ4v) is 3.36. The summed E-state index contributed by atoms with van der Waals surface area (Å²) in [7, 11) is 0. The molecule has 2 aromatic carbocycles. The molecule has 1 atom stereocenters. The van der Waals surface area contributed by atoms with E-state index in [0.29, 0.717) is 29.4 Å². The lowest BCUT2D eigenvalue weighted by molar-refractivity contribution is -0.113. The van der Waals surface area contributed by atoms with Crippen molar-refractivity contribution in [3.8, 4) is 5.75 Å². The highest BCUT2D eigenvalue weighted by Gasteiger charge is 2.31. The Morgan fingerprint density at radius 1 is 1.03 bits per heavy atom. The maximum atomic E-state index is 13.0. The molecular formula is C24H22N4O3. The van der Waals surface area contributed by atoms with Crippen LogP contribution >= 0.6 is 0 Å². The van der Waals surface area contributed by atoms with Gasteiger partial charge >= 0.3 is 6.03 Å². The Morgan fingerprint density at radius 3 is 2.48 bits per heavy atom. The number of carbonyl (C=O) groups excluding carboxylic acids is 2. The minimum absolute atomic E-state index is 0.335. The largest absolute Gasteiger partial charge is 0.489 e. The van der Waals surface area contributed by atoms with Crippen LogP contribution in [0.3, 0.4) is 0 Å². The van der Waals surface area contributed by atoms with Crippen LogP contribution in [0.2, 0.25) is 0 Å². The number of nitrogens with zero attached hydrogens (tertiary/aromatic N) is 1. The van der Waals surface area contributed by atoms with Gasteiger partial charge in [0.15, 0.2) is 0 Å². The highest BCUT2D eigenvalue weighted by molar-refractivity contribution is 6.06. The quantitative estimate of drug-likeness (QED) is 0.570.